The summed E-state index contributed by atoms with van der Waals surface area (Å²) in [5.41, 5.74) is 5.37. The van der Waals surface area contributed by atoms with Crippen molar-refractivity contribution in [1.29, 1.82) is 0 Å². The van der Waals surface area contributed by atoms with Crippen LogP contribution in [-0.2, 0) is 6.61 Å². The number of ether oxygens (including phenoxy) is 1. The highest BCUT2D eigenvalue weighted by molar-refractivity contribution is 5.95. The first kappa shape index (κ1) is 21.3. The maximum atomic E-state index is 12.5. The Morgan fingerprint density at radius 1 is 1.03 bits per heavy atom. The number of hydrogen-bond acceptors (Lipinski definition) is 3. The van der Waals surface area contributed by atoms with Gasteiger partial charge in [-0.05, 0) is 54.2 Å². The van der Waals surface area contributed by atoms with E-state index in [-0.39, 0.29) is 17.9 Å². The summed E-state index contributed by atoms with van der Waals surface area (Å²) in [6.07, 6.45) is 6.51. The molecular weight excluding hydrogens is 408 g/mol. The molecule has 0 saturated heterocycles. The standard InChI is InChI=1S/C29H30N2O2/c1-2-17-30-29(32)21-15-16-26-25(18-21)22-12-8-13-23(22)28(31-26)24-11-6-7-14-27(24)33-19-20-9-4-3-5-10-20/h3-12,14-16,18,22-23,28,31H,2,13,17,19H2,1H3,(H,30,32). The second kappa shape index (κ2) is 9.53. The number of carbonyl (C=O) groups excluding carboxylic acids is 1. The van der Waals surface area contributed by atoms with Crippen LogP contribution in [0, 0.1) is 5.92 Å². The number of benzene rings is 3. The van der Waals surface area contributed by atoms with E-state index in [9.17, 15) is 4.79 Å². The highest BCUT2D eigenvalue weighted by Gasteiger charge is 2.39. The summed E-state index contributed by atoms with van der Waals surface area (Å²) in [5.74, 6) is 1.59. The van der Waals surface area contributed by atoms with Gasteiger partial charge in [-0.1, -0.05) is 67.6 Å². The second-order valence-electron chi connectivity index (χ2n) is 8.85. The van der Waals surface area contributed by atoms with E-state index < -0.39 is 0 Å². The molecule has 1 aliphatic heterocycles. The molecule has 0 spiro atoms. The number of anilines is 1. The topological polar surface area (TPSA) is 50.4 Å². The van der Waals surface area contributed by atoms with Crippen LogP contribution in [-0.4, -0.2) is 12.5 Å². The molecule has 5 rings (SSSR count). The number of amides is 1. The van der Waals surface area contributed by atoms with E-state index in [0.29, 0.717) is 19.1 Å². The number of allylic oxidation sites excluding steroid dienone is 2. The number of carbonyl (C=O) groups is 1. The molecule has 3 aromatic carbocycles. The van der Waals surface area contributed by atoms with Gasteiger partial charge in [0.05, 0.1) is 6.04 Å². The Labute approximate surface area is 195 Å². The van der Waals surface area contributed by atoms with Crippen LogP contribution in [0.25, 0.3) is 0 Å². The SMILES string of the molecule is CCCNC(=O)c1ccc2c(c1)C1C=CCC1C(c1ccccc1OCc1ccccc1)N2. The molecule has 1 heterocycles. The van der Waals surface area contributed by atoms with Gasteiger partial charge in [-0.2, -0.15) is 0 Å². The lowest BCUT2D eigenvalue weighted by molar-refractivity contribution is 0.0953. The maximum absolute atomic E-state index is 12.5. The summed E-state index contributed by atoms with van der Waals surface area (Å²) in [5, 5.41) is 6.77. The molecule has 2 N–H and O–H groups in total. The van der Waals surface area contributed by atoms with Crippen LogP contribution < -0.4 is 15.4 Å². The van der Waals surface area contributed by atoms with Gasteiger partial charge in [0.25, 0.3) is 5.91 Å². The first-order valence-corrected chi connectivity index (χ1v) is 11.9. The molecule has 3 aromatic rings. The van der Waals surface area contributed by atoms with Gasteiger partial charge in [0, 0.05) is 29.3 Å². The maximum Gasteiger partial charge on any atom is 0.251 e. The molecule has 0 radical (unpaired) electrons. The molecule has 2 aliphatic rings. The zero-order valence-corrected chi connectivity index (χ0v) is 19.0. The van der Waals surface area contributed by atoms with Crippen molar-refractivity contribution in [2.75, 3.05) is 11.9 Å². The number of rotatable bonds is 7. The van der Waals surface area contributed by atoms with Crippen molar-refractivity contribution in [2.24, 2.45) is 5.92 Å². The Morgan fingerprint density at radius 2 is 1.85 bits per heavy atom. The third-order valence-electron chi connectivity index (χ3n) is 6.65. The van der Waals surface area contributed by atoms with E-state index in [1.807, 2.05) is 30.3 Å². The normalized spacial score (nSPS) is 20.5. The molecular formula is C29H30N2O2. The molecule has 4 nitrogen and oxygen atoms in total. The molecule has 0 fully saturated rings. The van der Waals surface area contributed by atoms with Crippen LogP contribution in [0.2, 0.25) is 0 Å². The average Bonchev–Trinajstić information content (AvgIpc) is 3.36. The van der Waals surface area contributed by atoms with Crippen LogP contribution in [0.3, 0.4) is 0 Å². The van der Waals surface area contributed by atoms with Crippen molar-refractivity contribution in [3.05, 3.63) is 107 Å². The summed E-state index contributed by atoms with van der Waals surface area (Å²) >= 11 is 0. The lowest BCUT2D eigenvalue weighted by Gasteiger charge is -2.38. The van der Waals surface area contributed by atoms with Crippen molar-refractivity contribution in [3.63, 3.8) is 0 Å². The molecule has 0 bridgehead atoms. The van der Waals surface area contributed by atoms with Crippen molar-refractivity contribution in [2.45, 2.75) is 38.3 Å². The fraction of sp³-hybridized carbons (Fsp3) is 0.276. The lowest BCUT2D eigenvalue weighted by Crippen LogP contribution is -2.30. The van der Waals surface area contributed by atoms with E-state index >= 15 is 0 Å². The second-order valence-corrected chi connectivity index (χ2v) is 8.85. The zero-order chi connectivity index (χ0) is 22.6. The largest absolute Gasteiger partial charge is 0.489 e. The molecule has 168 valence electrons. The van der Waals surface area contributed by atoms with E-state index in [4.69, 9.17) is 4.74 Å². The smallest absolute Gasteiger partial charge is 0.251 e. The van der Waals surface area contributed by atoms with Crippen LogP contribution in [0.4, 0.5) is 5.69 Å². The predicted molar refractivity (Wildman–Crippen MR) is 133 cm³/mol. The summed E-state index contributed by atoms with van der Waals surface area (Å²) in [6.45, 7) is 3.30. The highest BCUT2D eigenvalue weighted by Crippen LogP contribution is 2.51. The van der Waals surface area contributed by atoms with Gasteiger partial charge in [-0.3, -0.25) is 4.79 Å². The first-order valence-electron chi connectivity index (χ1n) is 11.9. The van der Waals surface area contributed by atoms with E-state index in [0.717, 1.165) is 35.4 Å². The minimum atomic E-state index is -0.0000393. The Balaban J connectivity index is 1.42. The van der Waals surface area contributed by atoms with Gasteiger partial charge in [0.2, 0.25) is 0 Å². The monoisotopic (exact) mass is 438 g/mol. The molecule has 3 unspecified atom stereocenters. The van der Waals surface area contributed by atoms with Crippen molar-refractivity contribution < 1.29 is 9.53 Å². The summed E-state index contributed by atoms with van der Waals surface area (Å²) in [6, 6.07) is 24.8. The molecule has 3 atom stereocenters. The quantitative estimate of drug-likeness (QED) is 0.430. The Kier molecular flexibility index (Phi) is 6.16. The number of nitrogens with one attached hydrogen (secondary N) is 2. The van der Waals surface area contributed by atoms with Gasteiger partial charge in [0.15, 0.2) is 0 Å². The van der Waals surface area contributed by atoms with E-state index in [2.05, 4.69) is 72.2 Å². The van der Waals surface area contributed by atoms with Crippen LogP contribution >= 0.6 is 0 Å². The predicted octanol–water partition coefficient (Wildman–Crippen LogP) is 6.23. The lowest BCUT2D eigenvalue weighted by atomic mass is 9.76. The van der Waals surface area contributed by atoms with Crippen molar-refractivity contribution in [1.82, 2.24) is 5.32 Å². The van der Waals surface area contributed by atoms with Gasteiger partial charge >= 0.3 is 0 Å². The number of hydrogen-bond donors (Lipinski definition) is 2. The highest BCUT2D eigenvalue weighted by atomic mass is 16.5. The molecule has 1 aliphatic carbocycles. The Hall–Kier alpha value is -3.53. The zero-order valence-electron chi connectivity index (χ0n) is 19.0. The van der Waals surface area contributed by atoms with Gasteiger partial charge in [0.1, 0.15) is 12.4 Å². The molecule has 4 heteroatoms. The average molecular weight is 439 g/mol. The fourth-order valence-electron chi connectivity index (χ4n) is 4.99. The first-order chi connectivity index (χ1) is 16.2. The third-order valence-corrected chi connectivity index (χ3v) is 6.65. The van der Waals surface area contributed by atoms with Crippen molar-refractivity contribution >= 4 is 11.6 Å². The van der Waals surface area contributed by atoms with Crippen LogP contribution in [0.5, 0.6) is 5.75 Å². The van der Waals surface area contributed by atoms with Crippen molar-refractivity contribution in [3.8, 4) is 5.75 Å². The Morgan fingerprint density at radius 3 is 2.70 bits per heavy atom. The molecule has 0 saturated carbocycles. The van der Waals surface area contributed by atoms with Crippen LogP contribution in [0.1, 0.15) is 58.8 Å². The number of fused-ring (bicyclic) bond motifs is 3. The van der Waals surface area contributed by atoms with Gasteiger partial charge in [-0.15, -0.1) is 0 Å². The molecule has 33 heavy (non-hydrogen) atoms. The minimum Gasteiger partial charge on any atom is -0.489 e. The Bertz CT molecular complexity index is 1160. The fourth-order valence-corrected chi connectivity index (χ4v) is 4.99. The summed E-state index contributed by atoms with van der Waals surface area (Å²) < 4.78 is 6.29. The molecule has 1 amide bonds. The van der Waals surface area contributed by atoms with Crippen LogP contribution in [0.15, 0.2) is 84.9 Å². The van der Waals surface area contributed by atoms with E-state index in [1.165, 1.54) is 11.1 Å². The minimum absolute atomic E-state index is 0.0000393. The summed E-state index contributed by atoms with van der Waals surface area (Å²) in [7, 11) is 0. The van der Waals surface area contributed by atoms with Gasteiger partial charge in [-0.25, -0.2) is 0 Å². The van der Waals surface area contributed by atoms with Gasteiger partial charge < -0.3 is 15.4 Å². The number of para-hydroxylation sites is 1. The third kappa shape index (κ3) is 4.38. The van der Waals surface area contributed by atoms with E-state index in [1.54, 1.807) is 0 Å². The molecule has 0 aromatic heterocycles. The summed E-state index contributed by atoms with van der Waals surface area (Å²) in [4.78, 5) is 12.5.